The Morgan fingerprint density at radius 2 is 1.96 bits per heavy atom. The first-order chi connectivity index (χ1) is 11.5. The van der Waals surface area contributed by atoms with Gasteiger partial charge in [0.05, 0.1) is 11.4 Å². The molecule has 3 rings (SSSR count). The number of amides is 1. The lowest BCUT2D eigenvalue weighted by Gasteiger charge is -2.18. The molecular weight excluding hydrogens is 344 g/mol. The number of benzene rings is 1. The van der Waals surface area contributed by atoms with Gasteiger partial charge in [0.1, 0.15) is 0 Å². The topological polar surface area (TPSA) is 57.7 Å². The summed E-state index contributed by atoms with van der Waals surface area (Å²) in [5, 5.41) is 1.97. The molecule has 0 atom stereocenters. The maximum atomic E-state index is 12.6. The summed E-state index contributed by atoms with van der Waals surface area (Å²) in [4.78, 5) is 15.5. The minimum atomic E-state index is -3.51. The minimum Gasteiger partial charge on any atom is -0.337 e. The van der Waals surface area contributed by atoms with E-state index in [0.29, 0.717) is 25.2 Å². The second-order valence-electron chi connectivity index (χ2n) is 5.88. The highest BCUT2D eigenvalue weighted by atomic mass is 32.2. The molecule has 1 amide bonds. The molecule has 128 valence electrons. The molecular formula is C17H20N2O3S2. The molecule has 0 saturated carbocycles. The van der Waals surface area contributed by atoms with Crippen LogP contribution in [0.2, 0.25) is 0 Å². The van der Waals surface area contributed by atoms with Crippen molar-refractivity contribution in [3.63, 3.8) is 0 Å². The Bertz CT molecular complexity index is 810. The molecule has 2 aromatic rings. The zero-order chi connectivity index (χ0) is 17.2. The van der Waals surface area contributed by atoms with Gasteiger partial charge in [-0.05, 0) is 42.5 Å². The van der Waals surface area contributed by atoms with Crippen molar-refractivity contribution in [2.75, 3.05) is 20.1 Å². The van der Waals surface area contributed by atoms with Gasteiger partial charge in [0.15, 0.2) is 0 Å². The van der Waals surface area contributed by atoms with Gasteiger partial charge in [-0.15, -0.1) is 11.3 Å². The van der Waals surface area contributed by atoms with E-state index in [1.165, 1.54) is 10.4 Å². The van der Waals surface area contributed by atoms with Crippen molar-refractivity contribution in [3.8, 4) is 0 Å². The summed E-state index contributed by atoms with van der Waals surface area (Å²) in [6, 6.07) is 10.3. The molecule has 1 aromatic carbocycles. The van der Waals surface area contributed by atoms with E-state index >= 15 is 0 Å². The van der Waals surface area contributed by atoms with Gasteiger partial charge in [-0.1, -0.05) is 12.1 Å². The van der Waals surface area contributed by atoms with E-state index < -0.39 is 10.0 Å². The van der Waals surface area contributed by atoms with Crippen LogP contribution in [0.15, 0.2) is 46.7 Å². The first-order valence-corrected chi connectivity index (χ1v) is 10.2. The molecule has 0 N–H and O–H groups in total. The first kappa shape index (κ1) is 17.1. The summed E-state index contributed by atoms with van der Waals surface area (Å²) >= 11 is 1.59. The third-order valence-electron chi connectivity index (χ3n) is 4.10. The summed E-state index contributed by atoms with van der Waals surface area (Å²) in [5.74, 6) is -0.179. The van der Waals surface area contributed by atoms with Gasteiger partial charge in [-0.3, -0.25) is 4.79 Å². The zero-order valence-corrected chi connectivity index (χ0v) is 15.1. The monoisotopic (exact) mass is 364 g/mol. The van der Waals surface area contributed by atoms with Gasteiger partial charge < -0.3 is 4.90 Å². The lowest BCUT2D eigenvalue weighted by molar-refractivity contribution is 0.0786. The van der Waals surface area contributed by atoms with Crippen molar-refractivity contribution in [2.45, 2.75) is 24.3 Å². The molecule has 0 bridgehead atoms. The molecule has 0 unspecified atom stereocenters. The van der Waals surface area contributed by atoms with Gasteiger partial charge in [-0.2, -0.15) is 4.31 Å². The van der Waals surface area contributed by atoms with E-state index in [4.69, 9.17) is 0 Å². The van der Waals surface area contributed by atoms with E-state index in [1.807, 2.05) is 17.5 Å². The summed E-state index contributed by atoms with van der Waals surface area (Å²) in [7, 11) is -1.78. The number of nitrogens with zero attached hydrogens (tertiary/aromatic N) is 2. The van der Waals surface area contributed by atoms with Crippen LogP contribution in [0.4, 0.5) is 0 Å². The Labute approximate surface area is 146 Å². The van der Waals surface area contributed by atoms with Gasteiger partial charge in [0.2, 0.25) is 10.0 Å². The summed E-state index contributed by atoms with van der Waals surface area (Å²) in [6.45, 7) is 1.62. The van der Waals surface area contributed by atoms with Crippen molar-refractivity contribution in [1.29, 1.82) is 0 Å². The van der Waals surface area contributed by atoms with E-state index in [1.54, 1.807) is 41.5 Å². The molecule has 1 aliphatic rings. The smallest absolute Gasteiger partial charge is 0.253 e. The molecule has 1 fully saturated rings. The van der Waals surface area contributed by atoms with Gasteiger partial charge >= 0.3 is 0 Å². The highest BCUT2D eigenvalue weighted by Crippen LogP contribution is 2.22. The second kappa shape index (κ2) is 7.04. The van der Waals surface area contributed by atoms with Gasteiger partial charge in [-0.25, -0.2) is 8.42 Å². The number of sulfonamides is 1. The normalized spacial score (nSPS) is 15.5. The lowest BCUT2D eigenvalue weighted by Crippen LogP contribution is -2.29. The highest BCUT2D eigenvalue weighted by Gasteiger charge is 2.27. The minimum absolute atomic E-state index is 0.179. The van der Waals surface area contributed by atoms with Crippen molar-refractivity contribution in [2.24, 2.45) is 0 Å². The van der Waals surface area contributed by atoms with Crippen LogP contribution in [-0.4, -0.2) is 43.7 Å². The van der Waals surface area contributed by atoms with Crippen LogP contribution in [0.3, 0.4) is 0 Å². The molecule has 1 saturated heterocycles. The third kappa shape index (κ3) is 3.53. The SMILES string of the molecule is CN(Cc1cccs1)C(=O)c1cccc(S(=O)(=O)N2CCCC2)c1. The third-order valence-corrected chi connectivity index (χ3v) is 6.86. The van der Waals surface area contributed by atoms with Crippen molar-refractivity contribution in [3.05, 3.63) is 52.2 Å². The molecule has 0 aliphatic carbocycles. The number of carbonyl (C=O) groups excluding carboxylic acids is 1. The number of rotatable bonds is 5. The second-order valence-corrected chi connectivity index (χ2v) is 8.85. The molecule has 24 heavy (non-hydrogen) atoms. The van der Waals surface area contributed by atoms with Gasteiger partial charge in [0.25, 0.3) is 5.91 Å². The molecule has 1 aromatic heterocycles. The van der Waals surface area contributed by atoms with Crippen LogP contribution in [0.25, 0.3) is 0 Å². The number of thiophene rings is 1. The van der Waals surface area contributed by atoms with E-state index in [0.717, 1.165) is 17.7 Å². The fourth-order valence-electron chi connectivity index (χ4n) is 2.80. The van der Waals surface area contributed by atoms with E-state index in [2.05, 4.69) is 0 Å². The molecule has 2 heterocycles. The van der Waals surface area contributed by atoms with Crippen LogP contribution in [-0.2, 0) is 16.6 Å². The molecule has 0 spiro atoms. The predicted octanol–water partition coefficient (Wildman–Crippen LogP) is 2.80. The number of carbonyl (C=O) groups is 1. The summed E-state index contributed by atoms with van der Waals surface area (Å²) < 4.78 is 26.8. The van der Waals surface area contributed by atoms with Crippen LogP contribution in [0.5, 0.6) is 0 Å². The first-order valence-electron chi connectivity index (χ1n) is 7.86. The van der Waals surface area contributed by atoms with Crippen molar-refractivity contribution in [1.82, 2.24) is 9.21 Å². The average Bonchev–Trinajstić information content (AvgIpc) is 3.28. The predicted molar refractivity (Wildman–Crippen MR) is 94.6 cm³/mol. The van der Waals surface area contributed by atoms with Crippen LogP contribution in [0, 0.1) is 0 Å². The summed E-state index contributed by atoms with van der Waals surface area (Å²) in [5.41, 5.74) is 0.398. The molecule has 7 heteroatoms. The Morgan fingerprint density at radius 3 is 2.62 bits per heavy atom. The maximum Gasteiger partial charge on any atom is 0.253 e. The van der Waals surface area contributed by atoms with Gasteiger partial charge in [0, 0.05) is 30.6 Å². The number of hydrogen-bond acceptors (Lipinski definition) is 4. The van der Waals surface area contributed by atoms with Crippen molar-refractivity contribution < 1.29 is 13.2 Å². The molecule has 5 nitrogen and oxygen atoms in total. The quantitative estimate of drug-likeness (QED) is 0.820. The Hall–Kier alpha value is -1.70. The van der Waals surface area contributed by atoms with Crippen LogP contribution in [0.1, 0.15) is 28.1 Å². The van der Waals surface area contributed by atoms with E-state index in [9.17, 15) is 13.2 Å². The Kier molecular flexibility index (Phi) is 5.03. The average molecular weight is 364 g/mol. The largest absolute Gasteiger partial charge is 0.337 e. The Balaban J connectivity index is 1.80. The van der Waals surface area contributed by atoms with E-state index in [-0.39, 0.29) is 10.8 Å². The standard InChI is InChI=1S/C17H20N2O3S2/c1-18(13-15-7-5-11-23-15)17(20)14-6-4-8-16(12-14)24(21,22)19-9-2-3-10-19/h4-8,11-12H,2-3,9-10,13H2,1H3. The fourth-order valence-corrected chi connectivity index (χ4v) is 5.12. The maximum absolute atomic E-state index is 12.6. The summed E-state index contributed by atoms with van der Waals surface area (Å²) in [6.07, 6.45) is 1.78. The van der Waals surface area contributed by atoms with Crippen molar-refractivity contribution >= 4 is 27.3 Å². The lowest BCUT2D eigenvalue weighted by atomic mass is 10.2. The fraction of sp³-hybridized carbons (Fsp3) is 0.353. The van der Waals surface area contributed by atoms with Crippen LogP contribution >= 0.6 is 11.3 Å². The zero-order valence-electron chi connectivity index (χ0n) is 13.5. The number of hydrogen-bond donors (Lipinski definition) is 0. The molecule has 1 aliphatic heterocycles. The Morgan fingerprint density at radius 1 is 1.21 bits per heavy atom. The highest BCUT2D eigenvalue weighted by molar-refractivity contribution is 7.89. The molecule has 0 radical (unpaired) electrons. The van der Waals surface area contributed by atoms with Crippen LogP contribution < -0.4 is 0 Å².